The highest BCUT2D eigenvalue weighted by Gasteiger charge is 2.27. The van der Waals surface area contributed by atoms with Gasteiger partial charge in [0.05, 0.1) is 29.5 Å². The monoisotopic (exact) mass is 453 g/mol. The van der Waals surface area contributed by atoms with Crippen molar-refractivity contribution >= 4 is 27.9 Å². The molecule has 0 aliphatic rings. The normalized spacial score (nSPS) is 13.4. The zero-order valence-electron chi connectivity index (χ0n) is 19.4. The highest BCUT2D eigenvalue weighted by atomic mass is 16.4. The molecule has 0 saturated carbocycles. The average Bonchev–Trinajstić information content (AvgIpc) is 3.37. The third kappa shape index (κ3) is 3.52. The molecular formula is C28H27N3O3. The summed E-state index contributed by atoms with van der Waals surface area (Å²) in [7, 11) is 0. The van der Waals surface area contributed by atoms with E-state index >= 15 is 0 Å². The Labute approximate surface area is 197 Å². The molecule has 2 atom stereocenters. The van der Waals surface area contributed by atoms with Crippen LogP contribution >= 0.6 is 0 Å². The summed E-state index contributed by atoms with van der Waals surface area (Å²) in [6.07, 6.45) is 1.78. The first-order chi connectivity index (χ1) is 16.4. The van der Waals surface area contributed by atoms with Crippen LogP contribution in [0.25, 0.3) is 21.9 Å². The summed E-state index contributed by atoms with van der Waals surface area (Å²) < 4.78 is 3.43. The molecule has 0 saturated heterocycles. The maximum Gasteiger partial charge on any atom is 0.330 e. The van der Waals surface area contributed by atoms with Crippen LogP contribution in [0.15, 0.2) is 77.7 Å². The summed E-state index contributed by atoms with van der Waals surface area (Å²) in [6.45, 7) is 6.07. The molecule has 0 radical (unpaired) electrons. The van der Waals surface area contributed by atoms with Crippen LogP contribution in [-0.2, 0) is 4.79 Å². The Morgan fingerprint density at radius 2 is 1.62 bits per heavy atom. The first-order valence-corrected chi connectivity index (χ1v) is 11.4. The number of carboxylic acid groups (broad SMARTS) is 1. The van der Waals surface area contributed by atoms with Crippen molar-refractivity contribution in [2.75, 3.05) is 0 Å². The van der Waals surface area contributed by atoms with Crippen LogP contribution in [0.2, 0.25) is 0 Å². The molecule has 172 valence electrons. The predicted molar refractivity (Wildman–Crippen MR) is 135 cm³/mol. The molecule has 2 unspecified atom stereocenters. The van der Waals surface area contributed by atoms with Gasteiger partial charge in [0.15, 0.2) is 0 Å². The van der Waals surface area contributed by atoms with E-state index in [1.165, 1.54) is 0 Å². The van der Waals surface area contributed by atoms with Gasteiger partial charge in [0.2, 0.25) is 0 Å². The van der Waals surface area contributed by atoms with Gasteiger partial charge in [0, 0.05) is 22.7 Å². The van der Waals surface area contributed by atoms with E-state index in [1.54, 1.807) is 9.13 Å². The first kappa shape index (κ1) is 21.8. The quantitative estimate of drug-likeness (QED) is 0.352. The summed E-state index contributed by atoms with van der Waals surface area (Å²) >= 11 is 0. The second kappa shape index (κ2) is 8.37. The molecule has 6 heteroatoms. The number of aryl methyl sites for hydroxylation is 2. The second-order valence-electron chi connectivity index (χ2n) is 8.95. The van der Waals surface area contributed by atoms with Crippen LogP contribution < -0.4 is 5.69 Å². The van der Waals surface area contributed by atoms with Crippen molar-refractivity contribution < 1.29 is 9.90 Å². The smallest absolute Gasteiger partial charge is 0.330 e. The van der Waals surface area contributed by atoms with Crippen LogP contribution in [0.1, 0.15) is 47.7 Å². The highest BCUT2D eigenvalue weighted by molar-refractivity contribution is 5.87. The molecule has 0 amide bonds. The molecule has 34 heavy (non-hydrogen) atoms. The van der Waals surface area contributed by atoms with Gasteiger partial charge < -0.3 is 10.1 Å². The third-order valence-corrected chi connectivity index (χ3v) is 6.74. The van der Waals surface area contributed by atoms with Gasteiger partial charge in [-0.3, -0.25) is 13.9 Å². The minimum absolute atomic E-state index is 0.183. The molecule has 0 aliphatic heterocycles. The summed E-state index contributed by atoms with van der Waals surface area (Å²) in [4.78, 5) is 29.2. The maximum atomic E-state index is 14.0. The fraction of sp³-hybridized carbons (Fsp3) is 0.214. The van der Waals surface area contributed by atoms with Crippen molar-refractivity contribution in [2.24, 2.45) is 0 Å². The lowest BCUT2D eigenvalue weighted by Crippen LogP contribution is -2.31. The van der Waals surface area contributed by atoms with Crippen LogP contribution in [0.4, 0.5) is 0 Å². The van der Waals surface area contributed by atoms with Gasteiger partial charge in [0.1, 0.15) is 0 Å². The molecule has 3 aromatic carbocycles. The molecule has 2 aromatic heterocycles. The number of imidazole rings is 1. The van der Waals surface area contributed by atoms with E-state index in [0.717, 1.165) is 44.2 Å². The Morgan fingerprint density at radius 1 is 0.941 bits per heavy atom. The van der Waals surface area contributed by atoms with E-state index in [9.17, 15) is 14.7 Å². The Balaban J connectivity index is 1.75. The first-order valence-electron chi connectivity index (χ1n) is 11.4. The van der Waals surface area contributed by atoms with Crippen molar-refractivity contribution in [2.45, 2.75) is 39.3 Å². The molecule has 2 heterocycles. The second-order valence-corrected chi connectivity index (χ2v) is 8.95. The number of benzene rings is 3. The number of aromatic nitrogens is 3. The van der Waals surface area contributed by atoms with Crippen LogP contribution in [0.5, 0.6) is 0 Å². The molecule has 0 fully saturated rings. The number of hydrogen-bond acceptors (Lipinski definition) is 2. The SMILES string of the molecule is Cc1ccc(C(CC(=O)O)n2c(=O)n(C(C)c3c[nH]c4cccc(C)c34)c3ccccc32)cc1. The lowest BCUT2D eigenvalue weighted by atomic mass is 10.0. The average molecular weight is 454 g/mol. The zero-order chi connectivity index (χ0) is 24.0. The van der Waals surface area contributed by atoms with Crippen molar-refractivity contribution in [1.82, 2.24) is 14.1 Å². The highest BCUT2D eigenvalue weighted by Crippen LogP contribution is 2.32. The number of H-pyrrole nitrogens is 1. The summed E-state index contributed by atoms with van der Waals surface area (Å²) in [6, 6.07) is 20.6. The fourth-order valence-electron chi connectivity index (χ4n) is 5.05. The van der Waals surface area contributed by atoms with E-state index < -0.39 is 12.0 Å². The topological polar surface area (TPSA) is 80.0 Å². The van der Waals surface area contributed by atoms with Gasteiger partial charge in [-0.15, -0.1) is 0 Å². The Kier molecular flexibility index (Phi) is 5.36. The third-order valence-electron chi connectivity index (χ3n) is 6.74. The van der Waals surface area contributed by atoms with Crippen LogP contribution in [0.3, 0.4) is 0 Å². The predicted octanol–water partition coefficient (Wildman–Crippen LogP) is 5.57. The van der Waals surface area contributed by atoms with Crippen molar-refractivity contribution in [3.05, 3.63) is 106 Å². The molecule has 5 aromatic rings. The lowest BCUT2D eigenvalue weighted by molar-refractivity contribution is -0.137. The van der Waals surface area contributed by atoms with E-state index in [4.69, 9.17) is 0 Å². The Bertz CT molecular complexity index is 1570. The van der Waals surface area contributed by atoms with Gasteiger partial charge in [-0.25, -0.2) is 4.79 Å². The number of aromatic amines is 1. The van der Waals surface area contributed by atoms with Crippen molar-refractivity contribution in [3.63, 3.8) is 0 Å². The minimum atomic E-state index is -0.949. The molecule has 0 bridgehead atoms. The molecule has 6 nitrogen and oxygen atoms in total. The van der Waals surface area contributed by atoms with Gasteiger partial charge in [0.25, 0.3) is 0 Å². The van der Waals surface area contributed by atoms with Gasteiger partial charge in [-0.1, -0.05) is 54.1 Å². The molecule has 2 N–H and O–H groups in total. The van der Waals surface area contributed by atoms with Gasteiger partial charge >= 0.3 is 11.7 Å². The van der Waals surface area contributed by atoms with Gasteiger partial charge in [-0.05, 0) is 50.1 Å². The minimum Gasteiger partial charge on any atom is -0.481 e. The number of rotatable bonds is 6. The summed E-state index contributed by atoms with van der Waals surface area (Å²) in [5.74, 6) is -0.949. The number of para-hydroxylation sites is 2. The standard InChI is InChI=1S/C28H27N3O3/c1-17-11-13-20(14-12-17)25(15-26(32)33)31-24-10-5-4-9-23(24)30(28(31)34)19(3)21-16-29-22-8-6-7-18(2)27(21)22/h4-14,16,19,25,29H,15H2,1-3H3,(H,32,33). The summed E-state index contributed by atoms with van der Waals surface area (Å²) in [5.41, 5.74) is 6.37. The number of carbonyl (C=O) groups is 1. The number of hydrogen-bond donors (Lipinski definition) is 2. The van der Waals surface area contributed by atoms with Crippen molar-refractivity contribution in [1.29, 1.82) is 0 Å². The molecule has 0 aliphatic carbocycles. The number of aliphatic carboxylic acids is 1. The number of fused-ring (bicyclic) bond motifs is 2. The lowest BCUT2D eigenvalue weighted by Gasteiger charge is -2.18. The van der Waals surface area contributed by atoms with E-state index in [0.29, 0.717) is 0 Å². The molecule has 0 spiro atoms. The number of nitrogens with one attached hydrogen (secondary N) is 1. The molecular weight excluding hydrogens is 426 g/mol. The Hall–Kier alpha value is -4.06. The largest absolute Gasteiger partial charge is 0.481 e. The maximum absolute atomic E-state index is 14.0. The van der Waals surface area contributed by atoms with Crippen LogP contribution in [-0.4, -0.2) is 25.2 Å². The van der Waals surface area contributed by atoms with Gasteiger partial charge in [-0.2, -0.15) is 0 Å². The Morgan fingerprint density at radius 3 is 2.29 bits per heavy atom. The van der Waals surface area contributed by atoms with E-state index in [2.05, 4.69) is 18.0 Å². The zero-order valence-corrected chi connectivity index (χ0v) is 19.4. The summed E-state index contributed by atoms with van der Waals surface area (Å²) in [5, 5.41) is 10.8. The molecule has 5 rings (SSSR count). The van der Waals surface area contributed by atoms with E-state index in [1.807, 2.05) is 80.7 Å². The number of nitrogens with zero attached hydrogens (tertiary/aromatic N) is 2. The fourth-order valence-corrected chi connectivity index (χ4v) is 5.05. The van der Waals surface area contributed by atoms with Crippen LogP contribution in [0, 0.1) is 13.8 Å². The number of carboxylic acids is 1. The van der Waals surface area contributed by atoms with Crippen molar-refractivity contribution in [3.8, 4) is 0 Å². The van der Waals surface area contributed by atoms with E-state index in [-0.39, 0.29) is 18.2 Å².